The Morgan fingerprint density at radius 2 is 1.57 bits per heavy atom. The van der Waals surface area contributed by atoms with Crippen molar-refractivity contribution >= 4 is 5.69 Å². The molecule has 4 rings (SSSR count). The van der Waals surface area contributed by atoms with Gasteiger partial charge in [0.05, 0.1) is 0 Å². The van der Waals surface area contributed by atoms with E-state index >= 15 is 0 Å². The summed E-state index contributed by atoms with van der Waals surface area (Å²) < 4.78 is 0. The van der Waals surface area contributed by atoms with Gasteiger partial charge in [0, 0.05) is 18.4 Å². The Hall–Kier alpha value is -1.96. The number of allylic oxidation sites excluding steroid dienone is 4. The first-order chi connectivity index (χ1) is 13.4. The predicted molar refractivity (Wildman–Crippen MR) is 121 cm³/mol. The number of fused-ring (bicyclic) bond motifs is 2. The van der Waals surface area contributed by atoms with Crippen molar-refractivity contribution in [3.63, 3.8) is 0 Å². The Labute approximate surface area is 171 Å². The molecule has 0 saturated heterocycles. The van der Waals surface area contributed by atoms with Gasteiger partial charge in [-0.2, -0.15) is 0 Å². The van der Waals surface area contributed by atoms with E-state index in [0.29, 0.717) is 5.41 Å². The van der Waals surface area contributed by atoms with Crippen LogP contribution in [-0.2, 0) is 25.7 Å². The topological polar surface area (TPSA) is 15.3 Å². The average molecular weight is 377 g/mol. The van der Waals surface area contributed by atoms with E-state index in [0.717, 1.165) is 5.82 Å². The molecule has 0 aromatic heterocycles. The number of benzene rings is 1. The van der Waals surface area contributed by atoms with Crippen molar-refractivity contribution in [2.45, 2.75) is 79.1 Å². The van der Waals surface area contributed by atoms with Crippen molar-refractivity contribution in [1.82, 2.24) is 5.32 Å². The van der Waals surface area contributed by atoms with Gasteiger partial charge in [-0.05, 0) is 117 Å². The summed E-state index contributed by atoms with van der Waals surface area (Å²) in [5.41, 5.74) is 12.5. The fourth-order valence-electron chi connectivity index (χ4n) is 5.40. The summed E-state index contributed by atoms with van der Waals surface area (Å²) in [5.74, 6) is 0.984. The maximum atomic E-state index is 4.41. The lowest BCUT2D eigenvalue weighted by atomic mass is 9.92. The Balaban J connectivity index is 1.60. The molecule has 0 amide bonds. The standard InChI is InChI=1S/C26H36N2/c1-7-20(26(5)14-15-26)16-17(2)27-19(4)28(6)25-23-12-8-10-21(23)18(3)22-11-9-13-24(22)25/h7,16,27H,4,8-15H2,1-3,5-6H3/b17-16+,20-7+. The number of rotatable bonds is 6. The molecule has 150 valence electrons. The molecule has 3 aliphatic rings. The zero-order valence-electron chi connectivity index (χ0n) is 18.5. The van der Waals surface area contributed by atoms with Gasteiger partial charge in [0.2, 0.25) is 0 Å². The summed E-state index contributed by atoms with van der Waals surface area (Å²) in [7, 11) is 2.20. The highest BCUT2D eigenvalue weighted by Crippen LogP contribution is 2.52. The van der Waals surface area contributed by atoms with Gasteiger partial charge >= 0.3 is 0 Å². The van der Waals surface area contributed by atoms with Gasteiger partial charge < -0.3 is 10.2 Å². The van der Waals surface area contributed by atoms with E-state index in [1.807, 2.05) is 0 Å². The molecule has 0 heterocycles. The van der Waals surface area contributed by atoms with Gasteiger partial charge in [0.15, 0.2) is 0 Å². The molecule has 1 aromatic rings. The van der Waals surface area contributed by atoms with Gasteiger partial charge in [0.1, 0.15) is 5.82 Å². The number of nitrogens with one attached hydrogen (secondary N) is 1. The van der Waals surface area contributed by atoms with E-state index in [-0.39, 0.29) is 0 Å². The van der Waals surface area contributed by atoms with Crippen LogP contribution < -0.4 is 10.2 Å². The number of hydrogen-bond donors (Lipinski definition) is 1. The Bertz CT molecular complexity index is 845. The van der Waals surface area contributed by atoms with Gasteiger partial charge in [0.25, 0.3) is 0 Å². The van der Waals surface area contributed by atoms with Crippen LogP contribution in [0.5, 0.6) is 0 Å². The lowest BCUT2D eigenvalue weighted by Crippen LogP contribution is -2.28. The van der Waals surface area contributed by atoms with Crippen LogP contribution >= 0.6 is 0 Å². The van der Waals surface area contributed by atoms with Crippen molar-refractivity contribution < 1.29 is 0 Å². The highest BCUT2D eigenvalue weighted by molar-refractivity contribution is 5.71. The van der Waals surface area contributed by atoms with E-state index < -0.39 is 0 Å². The summed E-state index contributed by atoms with van der Waals surface area (Å²) in [4.78, 5) is 2.33. The molecule has 0 bridgehead atoms. The Morgan fingerprint density at radius 3 is 2.07 bits per heavy atom. The summed E-state index contributed by atoms with van der Waals surface area (Å²) in [6, 6.07) is 0. The minimum atomic E-state index is 0.392. The number of anilines is 1. The van der Waals surface area contributed by atoms with Crippen LogP contribution in [0.2, 0.25) is 0 Å². The fraction of sp³-hybridized carbons (Fsp3) is 0.538. The van der Waals surface area contributed by atoms with Gasteiger partial charge in [-0.25, -0.2) is 0 Å². The molecule has 2 nitrogen and oxygen atoms in total. The lowest BCUT2D eigenvalue weighted by Gasteiger charge is -2.29. The number of nitrogens with zero attached hydrogens (tertiary/aromatic N) is 1. The first kappa shape index (κ1) is 19.4. The third-order valence-electron chi connectivity index (χ3n) is 7.37. The van der Waals surface area contributed by atoms with E-state index in [9.17, 15) is 0 Å². The van der Waals surface area contributed by atoms with Crippen molar-refractivity contribution in [3.05, 3.63) is 63.6 Å². The van der Waals surface area contributed by atoms with Crippen LogP contribution in [0.25, 0.3) is 0 Å². The zero-order valence-corrected chi connectivity index (χ0v) is 18.5. The maximum Gasteiger partial charge on any atom is 0.102 e. The third kappa shape index (κ3) is 3.21. The van der Waals surface area contributed by atoms with Crippen molar-refractivity contribution in [1.29, 1.82) is 0 Å². The first-order valence-corrected chi connectivity index (χ1v) is 11.1. The highest BCUT2D eigenvalue weighted by atomic mass is 15.2. The summed E-state index contributed by atoms with van der Waals surface area (Å²) >= 11 is 0. The fourth-order valence-corrected chi connectivity index (χ4v) is 5.40. The molecule has 1 N–H and O–H groups in total. The van der Waals surface area contributed by atoms with Gasteiger partial charge in [-0.15, -0.1) is 0 Å². The average Bonchev–Trinajstić information content (AvgIpc) is 3.08. The molecule has 0 radical (unpaired) electrons. The zero-order chi connectivity index (χ0) is 20.1. The molecule has 28 heavy (non-hydrogen) atoms. The van der Waals surface area contributed by atoms with Crippen LogP contribution in [0.15, 0.2) is 35.8 Å². The van der Waals surface area contributed by atoms with E-state index in [1.54, 1.807) is 27.8 Å². The van der Waals surface area contributed by atoms with Crippen LogP contribution in [-0.4, -0.2) is 7.05 Å². The smallest absolute Gasteiger partial charge is 0.102 e. The second kappa shape index (κ2) is 7.13. The second-order valence-electron chi connectivity index (χ2n) is 9.36. The largest absolute Gasteiger partial charge is 0.346 e. The molecule has 2 heteroatoms. The first-order valence-electron chi connectivity index (χ1n) is 11.1. The van der Waals surface area contributed by atoms with E-state index in [2.05, 4.69) is 63.7 Å². The molecule has 1 fully saturated rings. The third-order valence-corrected chi connectivity index (χ3v) is 7.37. The highest BCUT2D eigenvalue weighted by Gasteiger charge is 2.39. The monoisotopic (exact) mass is 376 g/mol. The summed E-state index contributed by atoms with van der Waals surface area (Å²) in [5, 5.41) is 3.59. The van der Waals surface area contributed by atoms with Crippen LogP contribution in [0.3, 0.4) is 0 Å². The van der Waals surface area contributed by atoms with Crippen molar-refractivity contribution in [2.75, 3.05) is 11.9 Å². The van der Waals surface area contributed by atoms with Crippen LogP contribution in [0.1, 0.15) is 74.3 Å². The molecule has 0 aliphatic heterocycles. The quantitative estimate of drug-likeness (QED) is 0.602. The van der Waals surface area contributed by atoms with Crippen LogP contribution in [0, 0.1) is 12.3 Å². The van der Waals surface area contributed by atoms with Gasteiger partial charge in [-0.3, -0.25) is 0 Å². The lowest BCUT2D eigenvalue weighted by molar-refractivity contribution is 0.704. The maximum absolute atomic E-state index is 4.41. The number of hydrogen-bond acceptors (Lipinski definition) is 2. The van der Waals surface area contributed by atoms with E-state index in [4.69, 9.17) is 0 Å². The SMILES string of the molecule is C=C(N/C(C)=C/C(=C\C)C1(C)CC1)N(C)c1c2c(c(C)c3c1CCC3)CCC2. The second-order valence-corrected chi connectivity index (χ2v) is 9.36. The minimum Gasteiger partial charge on any atom is -0.346 e. The minimum absolute atomic E-state index is 0.392. The summed E-state index contributed by atoms with van der Waals surface area (Å²) in [6.45, 7) is 13.5. The Morgan fingerprint density at radius 1 is 1.04 bits per heavy atom. The predicted octanol–water partition coefficient (Wildman–Crippen LogP) is 6.12. The molecule has 0 atom stereocenters. The van der Waals surface area contributed by atoms with Crippen molar-refractivity contribution in [2.24, 2.45) is 5.41 Å². The molecule has 1 saturated carbocycles. The van der Waals surface area contributed by atoms with Crippen molar-refractivity contribution in [3.8, 4) is 0 Å². The molecule has 0 spiro atoms. The molecule has 0 unspecified atom stereocenters. The van der Waals surface area contributed by atoms with Crippen LogP contribution in [0.4, 0.5) is 5.69 Å². The normalized spacial score (nSPS) is 20.0. The molecular weight excluding hydrogens is 340 g/mol. The Kier molecular flexibility index (Phi) is 4.93. The van der Waals surface area contributed by atoms with Gasteiger partial charge in [-0.1, -0.05) is 19.6 Å². The summed E-state index contributed by atoms with van der Waals surface area (Å²) in [6.07, 6.45) is 14.7. The molecule has 3 aliphatic carbocycles. The molecular formula is C26H36N2. The molecule has 1 aromatic carbocycles. The van der Waals surface area contributed by atoms with E-state index in [1.165, 1.54) is 68.3 Å².